The molecule has 0 saturated heterocycles. The van der Waals surface area contributed by atoms with Crippen LogP contribution in [0.4, 0.5) is 0 Å². The normalized spacial score (nSPS) is 11.0. The van der Waals surface area contributed by atoms with Gasteiger partial charge >= 0.3 is 0 Å². The van der Waals surface area contributed by atoms with E-state index in [1.165, 1.54) is 17.7 Å². The summed E-state index contributed by atoms with van der Waals surface area (Å²) in [5.74, 6) is 8.20. The standard InChI is InChI=1S/C10H19N3.C10H18N2.C9H18N4.2C9H17N3.C8H16N4.C8H15N3.C7H14N4/c1-4-13-6-5-10(12-13)8-11-7-9(2)3;1-9(2)7-11-8-10-5-4-6-12(10)3;1-4-13-7-9(11-12-13)6-10-5-8(2)3;1-8(2)6-10-7-9-4-5-12(3)11-9;1-8(2)5-10-4-3-9-6-11-7-12-9;1-6(2)4-9-5-8-10-7(3)11-12-8;1-7(2)5-9-6-8-3-4-10-11-8;1-6(2)3-8-4-7-9-5-10-11-7/h5-6,9,11H,4,7-8H2,1-3H3;4-6,9,11H,7-8H2,1-3H3;7-8,10H,4-6H2,1-3H3;4-5,8,10H,6-7H2,1-3H3;6-8,10H,3-5H2,1-2H3,(H,11,12);6,9H,4-5H2,1-3H3,(H,10,11,12);3-4,7,9H,5-6H2,1-2H3,(H,10,11);5-6,8H,3-4H2,1-2H3,(H,9,10,11). The van der Waals surface area contributed by atoms with Crippen LogP contribution in [0, 0.1) is 54.3 Å². The predicted molar refractivity (Wildman–Crippen MR) is 394 cm³/mol. The highest BCUT2D eigenvalue weighted by atomic mass is 15.4. The molecule has 0 saturated carbocycles. The van der Waals surface area contributed by atoms with Gasteiger partial charge in [0.2, 0.25) is 0 Å². The monoisotopic (exact) mass is 1340 g/mol. The Morgan fingerprint density at radius 3 is 1.45 bits per heavy atom. The van der Waals surface area contributed by atoms with Crippen LogP contribution >= 0.6 is 0 Å². The van der Waals surface area contributed by atoms with Crippen molar-refractivity contribution in [1.82, 2.24) is 132 Å². The Labute approximate surface area is 578 Å². The van der Waals surface area contributed by atoms with E-state index in [2.05, 4.69) is 274 Å². The van der Waals surface area contributed by atoms with Crippen LogP contribution in [-0.4, -0.2) is 149 Å². The number of hydrogen-bond acceptors (Lipinski definition) is 18. The third-order valence-corrected chi connectivity index (χ3v) is 13.1. The van der Waals surface area contributed by atoms with Crippen molar-refractivity contribution < 1.29 is 0 Å². The minimum atomic E-state index is 0.671. The maximum atomic E-state index is 4.38. The first-order valence-electron chi connectivity index (χ1n) is 35.2. The maximum Gasteiger partial charge on any atom is 0.164 e. The molecule has 0 aliphatic carbocycles. The lowest BCUT2D eigenvalue weighted by Crippen LogP contribution is -2.22. The minimum Gasteiger partial charge on any atom is -0.353 e. The third-order valence-electron chi connectivity index (χ3n) is 13.1. The number of imidazole rings is 1. The molecule has 0 aromatic carbocycles. The fourth-order valence-corrected chi connectivity index (χ4v) is 8.09. The highest BCUT2D eigenvalue weighted by Crippen LogP contribution is 2.02. The molecular weight excluding hydrogens is 1200 g/mol. The molecule has 0 spiro atoms. The zero-order valence-electron chi connectivity index (χ0n) is 63.3. The third kappa shape index (κ3) is 50.6. The molecule has 8 heterocycles. The van der Waals surface area contributed by atoms with Crippen molar-refractivity contribution in [2.45, 2.75) is 197 Å². The lowest BCUT2D eigenvalue weighted by atomic mass is 10.2. The molecule has 0 unspecified atom stereocenters. The second kappa shape index (κ2) is 55.2. The van der Waals surface area contributed by atoms with Crippen molar-refractivity contribution >= 4 is 0 Å². The zero-order valence-corrected chi connectivity index (χ0v) is 63.3. The van der Waals surface area contributed by atoms with Crippen molar-refractivity contribution in [3.05, 3.63) is 132 Å². The van der Waals surface area contributed by atoms with Gasteiger partial charge in [-0.15, -0.1) is 5.10 Å². The van der Waals surface area contributed by atoms with E-state index in [4.69, 9.17) is 0 Å². The molecule has 0 fully saturated rings. The number of aromatic amines is 4. The number of aromatic nitrogens is 18. The lowest BCUT2D eigenvalue weighted by molar-refractivity contribution is 0.542. The molecule has 8 aromatic rings. The van der Waals surface area contributed by atoms with Crippen molar-refractivity contribution in [1.29, 1.82) is 0 Å². The number of rotatable bonds is 35. The van der Waals surface area contributed by atoms with Gasteiger partial charge in [-0.3, -0.25) is 29.3 Å². The highest BCUT2D eigenvalue weighted by molar-refractivity contribution is 5.06. The molecule has 0 bridgehead atoms. The zero-order chi connectivity index (χ0) is 71.3. The van der Waals surface area contributed by atoms with Crippen molar-refractivity contribution in [3.63, 3.8) is 0 Å². The first-order valence-corrected chi connectivity index (χ1v) is 35.2. The first-order chi connectivity index (χ1) is 45.9. The largest absolute Gasteiger partial charge is 0.353 e. The SMILES string of the molecule is CC(C)CNCCc1cnc[nH]1.CC(C)CNCc1cccn1C.CC(C)CNCc1ccn(C)n1.CC(C)CNCc1ccn[nH]1.CC(C)CNCc1ncn[nH]1.CCn1cc(CNCC(C)C)nn1.CCn1ccc(CNCC(C)C)n1.Cc1nc(CNCC(C)C)n[nH]1. The predicted octanol–water partition coefficient (Wildman–Crippen LogP) is 9.39. The van der Waals surface area contributed by atoms with Gasteiger partial charge in [-0.05, 0) is 151 Å². The van der Waals surface area contributed by atoms with Gasteiger partial charge in [0.1, 0.15) is 18.0 Å². The van der Waals surface area contributed by atoms with Crippen LogP contribution < -0.4 is 42.5 Å². The van der Waals surface area contributed by atoms with Gasteiger partial charge in [-0.2, -0.15) is 25.5 Å². The minimum absolute atomic E-state index is 0.671. The van der Waals surface area contributed by atoms with Crippen LogP contribution in [0.2, 0.25) is 0 Å². The summed E-state index contributed by atoms with van der Waals surface area (Å²) in [6, 6.07) is 10.3. The van der Waals surface area contributed by atoms with Crippen LogP contribution in [0.1, 0.15) is 176 Å². The maximum absolute atomic E-state index is 4.38. The smallest absolute Gasteiger partial charge is 0.164 e. The van der Waals surface area contributed by atoms with E-state index in [0.29, 0.717) is 35.5 Å². The van der Waals surface area contributed by atoms with Gasteiger partial charge in [-0.1, -0.05) is 116 Å². The second-order valence-electron chi connectivity index (χ2n) is 27.3. The number of aryl methyl sites for hydroxylation is 5. The molecule has 544 valence electrons. The molecule has 0 aliphatic rings. The summed E-state index contributed by atoms with van der Waals surface area (Å²) in [5, 5.41) is 63.4. The van der Waals surface area contributed by atoms with Gasteiger partial charge in [-0.25, -0.2) is 15.0 Å². The Hall–Kier alpha value is -6.78. The van der Waals surface area contributed by atoms with Crippen LogP contribution in [0.5, 0.6) is 0 Å². The number of hydrogen-bond donors (Lipinski definition) is 12. The summed E-state index contributed by atoms with van der Waals surface area (Å²) in [5.41, 5.74) is 6.94. The molecular formula is C70H134N26. The Kier molecular flexibility index (Phi) is 50.2. The lowest BCUT2D eigenvalue weighted by Gasteiger charge is -2.07. The average molecular weight is 1340 g/mol. The quantitative estimate of drug-likeness (QED) is 0.0165. The molecule has 0 amide bonds. The van der Waals surface area contributed by atoms with E-state index in [1.54, 1.807) is 12.5 Å². The molecule has 96 heavy (non-hydrogen) atoms. The van der Waals surface area contributed by atoms with Gasteiger partial charge in [0.15, 0.2) is 5.82 Å². The van der Waals surface area contributed by atoms with Crippen LogP contribution in [0.15, 0.2) is 80.2 Å². The summed E-state index contributed by atoms with van der Waals surface area (Å²) < 4.78 is 7.76. The highest BCUT2D eigenvalue weighted by Gasteiger charge is 2.04. The van der Waals surface area contributed by atoms with Gasteiger partial charge in [0.05, 0.1) is 36.5 Å². The van der Waals surface area contributed by atoms with E-state index >= 15 is 0 Å². The van der Waals surface area contributed by atoms with Crippen molar-refractivity contribution in [3.8, 4) is 0 Å². The topological polar surface area (TPSA) is 308 Å². The van der Waals surface area contributed by atoms with Crippen molar-refractivity contribution in [2.75, 3.05) is 58.9 Å². The van der Waals surface area contributed by atoms with E-state index in [9.17, 15) is 0 Å². The van der Waals surface area contributed by atoms with E-state index in [1.807, 2.05) is 64.9 Å². The number of H-pyrrole nitrogens is 4. The number of nitrogens with one attached hydrogen (secondary N) is 12. The van der Waals surface area contributed by atoms with Crippen LogP contribution in [-0.2, 0) is 79.4 Å². The van der Waals surface area contributed by atoms with Gasteiger partial charge < -0.3 is 52.1 Å². The Morgan fingerprint density at radius 1 is 0.490 bits per heavy atom. The summed E-state index contributed by atoms with van der Waals surface area (Å²) in [7, 11) is 4.01. The fraction of sp³-hybridized carbons (Fsp3) is 0.686. The summed E-state index contributed by atoms with van der Waals surface area (Å²) in [6.45, 7) is 58.4. The molecule has 12 N–H and O–H groups in total. The second-order valence-corrected chi connectivity index (χ2v) is 27.3. The molecule has 0 radical (unpaired) electrons. The molecule has 26 heteroatoms. The molecule has 8 rings (SSSR count). The van der Waals surface area contributed by atoms with E-state index in [0.717, 1.165) is 176 Å². The first kappa shape index (κ1) is 87.2. The Morgan fingerprint density at radius 2 is 1.01 bits per heavy atom. The van der Waals surface area contributed by atoms with Gasteiger partial charge in [0.25, 0.3) is 0 Å². The van der Waals surface area contributed by atoms with E-state index < -0.39 is 0 Å². The van der Waals surface area contributed by atoms with Crippen LogP contribution in [0.25, 0.3) is 0 Å². The van der Waals surface area contributed by atoms with E-state index in [-0.39, 0.29) is 0 Å². The summed E-state index contributed by atoms with van der Waals surface area (Å²) in [4.78, 5) is 15.2. The average Bonchev–Trinajstić information content (AvgIpc) is 4.00. The molecule has 26 nitrogen and oxygen atoms in total. The molecule has 0 atom stereocenters. The number of nitrogens with zero attached hydrogens (tertiary/aromatic N) is 14. The summed E-state index contributed by atoms with van der Waals surface area (Å²) >= 11 is 0. The van der Waals surface area contributed by atoms with Crippen LogP contribution in [0.3, 0.4) is 0 Å². The molecule has 8 aromatic heterocycles. The van der Waals surface area contributed by atoms with Gasteiger partial charge in [0, 0.05) is 127 Å². The van der Waals surface area contributed by atoms with Crippen molar-refractivity contribution in [2.24, 2.45) is 61.4 Å². The molecule has 0 aliphatic heterocycles. The Balaban J connectivity index is 0.000000549. The fourth-order valence-electron chi connectivity index (χ4n) is 8.09. The summed E-state index contributed by atoms with van der Waals surface area (Å²) in [6.07, 6.45) is 16.0. The Bertz CT molecular complexity index is 2740.